The van der Waals surface area contributed by atoms with Crippen molar-refractivity contribution in [2.45, 2.75) is 6.10 Å². The summed E-state index contributed by atoms with van der Waals surface area (Å²) in [6.45, 7) is -0.506. The summed E-state index contributed by atoms with van der Waals surface area (Å²) in [4.78, 5) is 8.44. The Bertz CT molecular complexity index is 1240. The van der Waals surface area contributed by atoms with E-state index >= 15 is 0 Å². The highest BCUT2D eigenvalue weighted by Crippen LogP contribution is 2.35. The molecule has 160 valence electrons. The van der Waals surface area contributed by atoms with Crippen LogP contribution in [0.1, 0.15) is 0 Å². The van der Waals surface area contributed by atoms with Gasteiger partial charge in [-0.05, 0) is 18.2 Å². The van der Waals surface area contributed by atoms with Crippen LogP contribution in [0.5, 0.6) is 11.8 Å². The molecule has 2 aromatic heterocycles. The molecule has 2 heterocycles. The fourth-order valence-electron chi connectivity index (χ4n) is 2.87. The topological polar surface area (TPSA) is 116 Å². The summed E-state index contributed by atoms with van der Waals surface area (Å²) >= 11 is 6.31. The van der Waals surface area contributed by atoms with E-state index in [1.54, 1.807) is 24.3 Å². The predicted octanol–water partition coefficient (Wildman–Crippen LogP) is 3.51. The van der Waals surface area contributed by atoms with Crippen molar-refractivity contribution in [2.75, 3.05) is 18.5 Å². The number of aliphatic hydroxyl groups is 2. The summed E-state index contributed by atoms with van der Waals surface area (Å²) in [5.41, 5.74) is 1.34. The molecule has 1 unspecified atom stereocenters. The Balaban J connectivity index is 1.80. The summed E-state index contributed by atoms with van der Waals surface area (Å²) in [7, 11) is 0. The Morgan fingerprint density at radius 1 is 1.16 bits per heavy atom. The summed E-state index contributed by atoms with van der Waals surface area (Å²) in [6, 6.07) is 9.64. The number of aliphatic hydroxyl groups excluding tert-OH is 2. The van der Waals surface area contributed by atoms with Crippen molar-refractivity contribution in [3.05, 3.63) is 59.1 Å². The minimum absolute atomic E-state index is 0.0416. The van der Waals surface area contributed by atoms with Crippen molar-refractivity contribution in [3.63, 3.8) is 0 Å². The molecule has 0 fully saturated rings. The molecule has 0 aliphatic rings. The minimum Gasteiger partial charge on any atom is -0.421 e. The second-order valence-electron chi connectivity index (χ2n) is 6.53. The number of fused-ring (bicyclic) bond motifs is 1. The Morgan fingerprint density at radius 2 is 1.97 bits per heavy atom. The van der Waals surface area contributed by atoms with E-state index < -0.39 is 24.3 Å². The molecule has 4 aromatic rings. The molecule has 31 heavy (non-hydrogen) atoms. The number of nitrogens with zero attached hydrogens (tertiary/aromatic N) is 3. The average Bonchev–Trinajstić information content (AvgIpc) is 3.18. The molecule has 2 aromatic carbocycles. The molecule has 0 aliphatic carbocycles. The lowest BCUT2D eigenvalue weighted by molar-refractivity contribution is 0.105. The number of benzene rings is 2. The van der Waals surface area contributed by atoms with Gasteiger partial charge in [0.1, 0.15) is 11.6 Å². The van der Waals surface area contributed by atoms with Crippen molar-refractivity contribution in [1.82, 2.24) is 20.2 Å². The number of hydrogen-bond acceptors (Lipinski definition) is 7. The zero-order valence-corrected chi connectivity index (χ0v) is 16.6. The maximum Gasteiger partial charge on any atom is 0.326 e. The number of aromatic amines is 1. The first-order chi connectivity index (χ1) is 15.0. The first-order valence-electron chi connectivity index (χ1n) is 9.13. The van der Waals surface area contributed by atoms with Gasteiger partial charge >= 0.3 is 6.01 Å². The number of rotatable bonds is 7. The average molecular weight is 448 g/mol. The number of aromatic nitrogens is 4. The van der Waals surface area contributed by atoms with Crippen molar-refractivity contribution in [1.29, 1.82) is 0 Å². The van der Waals surface area contributed by atoms with Gasteiger partial charge in [0, 0.05) is 23.2 Å². The third-order valence-electron chi connectivity index (χ3n) is 4.35. The molecule has 0 amide bonds. The molecule has 0 saturated carbocycles. The highest BCUT2D eigenvalue weighted by molar-refractivity contribution is 6.33. The first-order valence-corrected chi connectivity index (χ1v) is 9.50. The van der Waals surface area contributed by atoms with Gasteiger partial charge < -0.3 is 20.3 Å². The van der Waals surface area contributed by atoms with Crippen LogP contribution >= 0.6 is 11.6 Å². The molecule has 0 spiro atoms. The lowest BCUT2D eigenvalue weighted by atomic mass is 10.1. The van der Waals surface area contributed by atoms with Crippen LogP contribution in [0, 0.1) is 11.6 Å². The molecule has 0 radical (unpaired) electrons. The second kappa shape index (κ2) is 8.80. The smallest absolute Gasteiger partial charge is 0.326 e. The molecule has 0 bridgehead atoms. The largest absolute Gasteiger partial charge is 0.421 e. The van der Waals surface area contributed by atoms with Crippen molar-refractivity contribution in [3.8, 4) is 23.0 Å². The van der Waals surface area contributed by atoms with Crippen LogP contribution in [-0.4, -0.2) is 49.6 Å². The highest BCUT2D eigenvalue weighted by atomic mass is 35.5. The second-order valence-corrected chi connectivity index (χ2v) is 6.93. The maximum atomic E-state index is 14.0. The molecule has 0 aliphatic heterocycles. The lowest BCUT2D eigenvalue weighted by Crippen LogP contribution is -2.23. The number of ether oxygens (including phenoxy) is 1. The third-order valence-corrected chi connectivity index (χ3v) is 4.68. The molecular weight excluding hydrogens is 432 g/mol. The van der Waals surface area contributed by atoms with Crippen molar-refractivity contribution < 1.29 is 23.7 Å². The highest BCUT2D eigenvalue weighted by Gasteiger charge is 2.20. The van der Waals surface area contributed by atoms with Gasteiger partial charge in [-0.15, -0.1) is 0 Å². The number of H-pyrrole nitrogens is 1. The molecule has 4 N–H and O–H groups in total. The zero-order valence-electron chi connectivity index (χ0n) is 15.8. The molecule has 8 nitrogen and oxygen atoms in total. The Hall–Kier alpha value is -3.34. The summed E-state index contributed by atoms with van der Waals surface area (Å²) in [5, 5.41) is 29.7. The predicted molar refractivity (Wildman–Crippen MR) is 110 cm³/mol. The van der Waals surface area contributed by atoms with Gasteiger partial charge in [-0.25, -0.2) is 8.78 Å². The van der Waals surface area contributed by atoms with Gasteiger partial charge in [-0.1, -0.05) is 29.8 Å². The normalized spacial score (nSPS) is 12.2. The van der Waals surface area contributed by atoms with Gasteiger partial charge in [-0.2, -0.15) is 15.1 Å². The monoisotopic (exact) mass is 447 g/mol. The number of anilines is 1. The first kappa shape index (κ1) is 20.9. The van der Waals surface area contributed by atoms with Gasteiger partial charge in [-0.3, -0.25) is 5.10 Å². The van der Waals surface area contributed by atoms with Crippen LogP contribution in [0.2, 0.25) is 5.02 Å². The fraction of sp³-hybridized carbons (Fsp3) is 0.150. The van der Waals surface area contributed by atoms with Crippen LogP contribution in [0.3, 0.4) is 0 Å². The van der Waals surface area contributed by atoms with E-state index in [0.29, 0.717) is 27.7 Å². The van der Waals surface area contributed by atoms with Crippen LogP contribution in [0.4, 0.5) is 14.6 Å². The van der Waals surface area contributed by atoms with Gasteiger partial charge in [0.15, 0.2) is 17.2 Å². The van der Waals surface area contributed by atoms with E-state index in [0.717, 1.165) is 12.1 Å². The molecule has 4 rings (SSSR count). The zero-order chi connectivity index (χ0) is 22.0. The Morgan fingerprint density at radius 3 is 2.71 bits per heavy atom. The van der Waals surface area contributed by atoms with Crippen LogP contribution in [0.25, 0.3) is 22.3 Å². The number of hydrogen-bond donors (Lipinski definition) is 4. The van der Waals surface area contributed by atoms with Crippen LogP contribution in [0.15, 0.2) is 42.5 Å². The standard InChI is InChI=1S/C20H16ClF2N5O3/c21-13-4-2-1-3-12(13)17-16-18(24-8-11(30)9-29)25-20(26-19(16)28-27-17)31-15-6-5-10(22)7-14(15)23/h1-7,11,29-30H,8-9H2,(H2,24,25,26,27,28). The minimum atomic E-state index is -1.06. The Labute approximate surface area is 179 Å². The van der Waals surface area contributed by atoms with E-state index in [1.165, 1.54) is 0 Å². The summed E-state index contributed by atoms with van der Waals surface area (Å²) in [6.07, 6.45) is -1.06. The van der Waals surface area contributed by atoms with E-state index in [2.05, 4.69) is 25.5 Å². The molecular formula is C20H16ClF2N5O3. The molecule has 0 saturated heterocycles. The van der Waals surface area contributed by atoms with E-state index in [-0.39, 0.29) is 29.8 Å². The lowest BCUT2D eigenvalue weighted by Gasteiger charge is -2.13. The Kier molecular flexibility index (Phi) is 5.94. The fourth-order valence-corrected chi connectivity index (χ4v) is 3.10. The number of halogens is 3. The van der Waals surface area contributed by atoms with E-state index in [1.807, 2.05) is 0 Å². The van der Waals surface area contributed by atoms with Gasteiger partial charge in [0.05, 0.1) is 23.8 Å². The molecule has 11 heteroatoms. The number of nitrogens with one attached hydrogen (secondary N) is 2. The maximum absolute atomic E-state index is 14.0. The van der Waals surface area contributed by atoms with Crippen molar-refractivity contribution >= 4 is 28.5 Å². The quantitative estimate of drug-likeness (QED) is 0.342. The van der Waals surface area contributed by atoms with Crippen LogP contribution < -0.4 is 10.1 Å². The molecule has 1 atom stereocenters. The third kappa shape index (κ3) is 4.41. The van der Waals surface area contributed by atoms with E-state index in [4.69, 9.17) is 21.4 Å². The van der Waals surface area contributed by atoms with Gasteiger partial charge in [0.2, 0.25) is 0 Å². The summed E-state index contributed by atoms with van der Waals surface area (Å²) in [5.74, 6) is -1.74. The van der Waals surface area contributed by atoms with Crippen LogP contribution in [-0.2, 0) is 0 Å². The van der Waals surface area contributed by atoms with Gasteiger partial charge in [0.25, 0.3) is 0 Å². The van der Waals surface area contributed by atoms with Crippen molar-refractivity contribution in [2.24, 2.45) is 0 Å². The van der Waals surface area contributed by atoms with E-state index in [9.17, 15) is 13.9 Å². The summed E-state index contributed by atoms with van der Waals surface area (Å²) < 4.78 is 32.5. The SMILES string of the molecule is OCC(O)CNc1nc(Oc2ccc(F)cc2F)nc2n[nH]c(-c3ccccc3Cl)c12.